The lowest BCUT2D eigenvalue weighted by Crippen LogP contribution is -2.41. The highest BCUT2D eigenvalue weighted by molar-refractivity contribution is 7.09. The first-order valence-electron chi connectivity index (χ1n) is 8.21. The summed E-state index contributed by atoms with van der Waals surface area (Å²) in [4.78, 5) is 16.0. The van der Waals surface area contributed by atoms with Gasteiger partial charge in [-0.2, -0.15) is 0 Å². The lowest BCUT2D eigenvalue weighted by Gasteiger charge is -2.32. The van der Waals surface area contributed by atoms with Gasteiger partial charge < -0.3 is 5.32 Å². The van der Waals surface area contributed by atoms with Crippen LogP contribution in [0.1, 0.15) is 44.4 Å². The van der Waals surface area contributed by atoms with Gasteiger partial charge in [0.05, 0.1) is 0 Å². The van der Waals surface area contributed by atoms with Gasteiger partial charge in [-0.15, -0.1) is 11.3 Å². The Balaban J connectivity index is 1.72. The van der Waals surface area contributed by atoms with E-state index in [2.05, 4.69) is 34.7 Å². The average molecular weight is 308 g/mol. The van der Waals surface area contributed by atoms with Crippen LogP contribution < -0.4 is 5.32 Å². The first kappa shape index (κ1) is 16.5. The zero-order valence-corrected chi connectivity index (χ0v) is 14.1. The van der Waals surface area contributed by atoms with Crippen molar-refractivity contribution in [2.45, 2.75) is 46.1 Å². The molecule has 1 aromatic rings. The lowest BCUT2D eigenvalue weighted by atomic mass is 9.97. The van der Waals surface area contributed by atoms with Crippen molar-refractivity contribution >= 4 is 17.2 Å². The molecule has 1 saturated heterocycles. The molecule has 21 heavy (non-hydrogen) atoms. The Morgan fingerprint density at radius 3 is 3.14 bits per heavy atom. The Bertz CT molecular complexity index is 418. The normalized spacial score (nSPS) is 21.1. The molecule has 1 N–H and O–H groups in total. The van der Waals surface area contributed by atoms with Gasteiger partial charge in [0.25, 0.3) is 0 Å². The third-order valence-electron chi connectivity index (χ3n) is 4.30. The number of piperidine rings is 1. The van der Waals surface area contributed by atoms with Gasteiger partial charge in [-0.1, -0.05) is 26.3 Å². The SMILES string of the molecule is CCC[C@H](C)C(=O)NC[C@H]1CCCN(Cc2cccs2)C1. The molecule has 0 aliphatic carbocycles. The molecule has 2 rings (SSSR count). The van der Waals surface area contributed by atoms with Crippen molar-refractivity contribution in [1.82, 2.24) is 10.2 Å². The molecule has 2 heterocycles. The van der Waals surface area contributed by atoms with Crippen molar-refractivity contribution in [3.05, 3.63) is 22.4 Å². The molecule has 1 aromatic heterocycles. The minimum atomic E-state index is 0.154. The van der Waals surface area contributed by atoms with Crippen LogP contribution in [0.15, 0.2) is 17.5 Å². The number of carbonyl (C=O) groups excluding carboxylic acids is 1. The predicted octanol–water partition coefficient (Wildman–Crippen LogP) is 3.51. The first-order chi connectivity index (χ1) is 10.2. The Morgan fingerprint density at radius 2 is 2.43 bits per heavy atom. The number of hydrogen-bond donors (Lipinski definition) is 1. The van der Waals surface area contributed by atoms with E-state index in [0.29, 0.717) is 5.92 Å². The zero-order valence-electron chi connectivity index (χ0n) is 13.3. The van der Waals surface area contributed by atoms with Crippen molar-refractivity contribution < 1.29 is 4.79 Å². The van der Waals surface area contributed by atoms with Gasteiger partial charge in [-0.05, 0) is 43.2 Å². The molecular weight excluding hydrogens is 280 g/mol. The van der Waals surface area contributed by atoms with Crippen LogP contribution >= 0.6 is 11.3 Å². The maximum atomic E-state index is 12.0. The summed E-state index contributed by atoms with van der Waals surface area (Å²) >= 11 is 1.83. The van der Waals surface area contributed by atoms with Crippen LogP contribution in [-0.2, 0) is 11.3 Å². The summed E-state index contributed by atoms with van der Waals surface area (Å²) in [6.45, 7) is 8.37. The van der Waals surface area contributed by atoms with Crippen LogP contribution in [0.2, 0.25) is 0 Å². The molecule has 118 valence electrons. The van der Waals surface area contributed by atoms with Gasteiger partial charge in [-0.3, -0.25) is 9.69 Å². The third kappa shape index (κ3) is 5.44. The Hall–Kier alpha value is -0.870. The van der Waals surface area contributed by atoms with Crippen molar-refractivity contribution in [3.63, 3.8) is 0 Å². The van der Waals surface area contributed by atoms with E-state index in [0.717, 1.165) is 32.5 Å². The van der Waals surface area contributed by atoms with Gasteiger partial charge in [-0.25, -0.2) is 0 Å². The van der Waals surface area contributed by atoms with Crippen LogP contribution in [0.3, 0.4) is 0 Å². The average Bonchev–Trinajstić information content (AvgIpc) is 2.98. The summed E-state index contributed by atoms with van der Waals surface area (Å²) in [6.07, 6.45) is 4.55. The molecule has 1 fully saturated rings. The summed E-state index contributed by atoms with van der Waals surface area (Å²) in [5.41, 5.74) is 0. The van der Waals surface area contributed by atoms with Crippen LogP contribution in [0.4, 0.5) is 0 Å². The van der Waals surface area contributed by atoms with Gasteiger partial charge in [0, 0.05) is 30.4 Å². The highest BCUT2D eigenvalue weighted by Gasteiger charge is 2.21. The molecule has 1 amide bonds. The second-order valence-electron chi connectivity index (χ2n) is 6.26. The minimum absolute atomic E-state index is 0.154. The highest BCUT2D eigenvalue weighted by atomic mass is 32.1. The standard InChI is InChI=1S/C17H28N2OS/c1-3-6-14(2)17(20)18-11-15-7-4-9-19(12-15)13-16-8-5-10-21-16/h5,8,10,14-15H,3-4,6-7,9,11-13H2,1-2H3,(H,18,20)/t14-,15+/m0/s1. The smallest absolute Gasteiger partial charge is 0.222 e. The van der Waals surface area contributed by atoms with E-state index in [9.17, 15) is 4.79 Å². The van der Waals surface area contributed by atoms with E-state index in [4.69, 9.17) is 0 Å². The topological polar surface area (TPSA) is 32.3 Å². The summed E-state index contributed by atoms with van der Waals surface area (Å²) in [5, 5.41) is 5.30. The number of amides is 1. The van der Waals surface area contributed by atoms with Gasteiger partial charge in [0.1, 0.15) is 0 Å². The fourth-order valence-electron chi connectivity index (χ4n) is 3.07. The maximum absolute atomic E-state index is 12.0. The minimum Gasteiger partial charge on any atom is -0.356 e. The predicted molar refractivity (Wildman–Crippen MR) is 89.4 cm³/mol. The van der Waals surface area contributed by atoms with Gasteiger partial charge >= 0.3 is 0 Å². The molecule has 0 bridgehead atoms. The highest BCUT2D eigenvalue weighted by Crippen LogP contribution is 2.20. The number of likely N-dealkylation sites (tertiary alicyclic amines) is 1. The zero-order chi connectivity index (χ0) is 15.1. The fourth-order valence-corrected chi connectivity index (χ4v) is 3.81. The lowest BCUT2D eigenvalue weighted by molar-refractivity contribution is -0.125. The van der Waals surface area contributed by atoms with E-state index in [1.54, 1.807) is 0 Å². The second-order valence-corrected chi connectivity index (χ2v) is 7.29. The number of thiophene rings is 1. The van der Waals surface area contributed by atoms with Crippen molar-refractivity contribution in [2.75, 3.05) is 19.6 Å². The van der Waals surface area contributed by atoms with Crippen molar-refractivity contribution in [1.29, 1.82) is 0 Å². The van der Waals surface area contributed by atoms with E-state index < -0.39 is 0 Å². The summed E-state index contributed by atoms with van der Waals surface area (Å²) < 4.78 is 0. The number of nitrogens with zero attached hydrogens (tertiary/aromatic N) is 1. The Labute approximate surface area is 132 Å². The molecule has 0 radical (unpaired) electrons. The summed E-state index contributed by atoms with van der Waals surface area (Å²) in [5.74, 6) is 0.990. The monoisotopic (exact) mass is 308 g/mol. The maximum Gasteiger partial charge on any atom is 0.222 e. The molecule has 0 unspecified atom stereocenters. The number of carbonyl (C=O) groups is 1. The summed E-state index contributed by atoms with van der Waals surface area (Å²) in [7, 11) is 0. The van der Waals surface area contributed by atoms with E-state index in [1.807, 2.05) is 18.3 Å². The molecule has 0 spiro atoms. The quantitative estimate of drug-likeness (QED) is 0.836. The third-order valence-corrected chi connectivity index (χ3v) is 5.16. The van der Waals surface area contributed by atoms with E-state index in [1.165, 1.54) is 24.3 Å². The van der Waals surface area contributed by atoms with Gasteiger partial charge in [0.2, 0.25) is 5.91 Å². The molecule has 1 aliphatic rings. The van der Waals surface area contributed by atoms with Crippen LogP contribution in [0, 0.1) is 11.8 Å². The Morgan fingerprint density at radius 1 is 1.57 bits per heavy atom. The molecule has 3 nitrogen and oxygen atoms in total. The van der Waals surface area contributed by atoms with Crippen LogP contribution in [0.5, 0.6) is 0 Å². The van der Waals surface area contributed by atoms with Crippen molar-refractivity contribution in [3.8, 4) is 0 Å². The number of nitrogens with one attached hydrogen (secondary N) is 1. The van der Waals surface area contributed by atoms with Gasteiger partial charge in [0.15, 0.2) is 0 Å². The van der Waals surface area contributed by atoms with Crippen LogP contribution in [-0.4, -0.2) is 30.4 Å². The summed E-state index contributed by atoms with van der Waals surface area (Å²) in [6, 6.07) is 4.33. The largest absolute Gasteiger partial charge is 0.356 e. The second kappa shape index (κ2) is 8.54. The molecular formula is C17H28N2OS. The number of rotatable bonds is 7. The first-order valence-corrected chi connectivity index (χ1v) is 9.09. The fraction of sp³-hybridized carbons (Fsp3) is 0.706. The van der Waals surface area contributed by atoms with Crippen molar-refractivity contribution in [2.24, 2.45) is 11.8 Å². The van der Waals surface area contributed by atoms with E-state index in [-0.39, 0.29) is 11.8 Å². The number of hydrogen-bond acceptors (Lipinski definition) is 3. The molecule has 1 aliphatic heterocycles. The molecule has 2 atom stereocenters. The molecule has 4 heteroatoms. The Kier molecular flexibility index (Phi) is 6.71. The van der Waals surface area contributed by atoms with E-state index >= 15 is 0 Å². The van der Waals surface area contributed by atoms with Crippen LogP contribution in [0.25, 0.3) is 0 Å². The molecule has 0 saturated carbocycles. The molecule has 0 aromatic carbocycles.